The van der Waals surface area contributed by atoms with E-state index in [0.29, 0.717) is 5.56 Å². The molecule has 156 valence electrons. The third-order valence-electron chi connectivity index (χ3n) is 4.38. The quantitative estimate of drug-likeness (QED) is 0.699. The lowest BCUT2D eigenvalue weighted by molar-refractivity contribution is -0.125. The second-order valence-corrected chi connectivity index (χ2v) is 9.52. The second-order valence-electron chi connectivity index (χ2n) is 7.87. The summed E-state index contributed by atoms with van der Waals surface area (Å²) in [7, 11) is -3.88. The first-order valence-corrected chi connectivity index (χ1v) is 10.5. The SMILES string of the molecule is Cc1ccc(C(C)(C)C)cc1S(=O)(=O)Nc1cccc(C(=O)O[C@@H](C)C(N)=O)c1. The number of ether oxygens (including phenoxy) is 1. The lowest BCUT2D eigenvalue weighted by atomic mass is 9.87. The Labute approximate surface area is 171 Å². The molecule has 0 aliphatic carbocycles. The van der Waals surface area contributed by atoms with Crippen LogP contribution in [0.15, 0.2) is 47.4 Å². The molecule has 2 aromatic rings. The molecule has 0 saturated carbocycles. The highest BCUT2D eigenvalue weighted by atomic mass is 32.2. The van der Waals surface area contributed by atoms with Crippen LogP contribution < -0.4 is 10.5 Å². The van der Waals surface area contributed by atoms with Crippen molar-refractivity contribution in [2.24, 2.45) is 5.73 Å². The van der Waals surface area contributed by atoms with Gasteiger partial charge in [-0.2, -0.15) is 0 Å². The Morgan fingerprint density at radius 2 is 1.76 bits per heavy atom. The van der Waals surface area contributed by atoms with Gasteiger partial charge >= 0.3 is 5.97 Å². The van der Waals surface area contributed by atoms with Crippen LogP contribution in [0.3, 0.4) is 0 Å². The van der Waals surface area contributed by atoms with Crippen LogP contribution in [-0.2, 0) is 25.0 Å². The third-order valence-corrected chi connectivity index (χ3v) is 5.90. The van der Waals surface area contributed by atoms with Crippen molar-refractivity contribution in [3.8, 4) is 0 Å². The largest absolute Gasteiger partial charge is 0.449 e. The summed E-state index contributed by atoms with van der Waals surface area (Å²) in [5.41, 5.74) is 6.67. The number of hydrogen-bond acceptors (Lipinski definition) is 5. The maximum absolute atomic E-state index is 13.0. The fraction of sp³-hybridized carbons (Fsp3) is 0.333. The molecule has 8 heteroatoms. The predicted octanol–water partition coefficient (Wildman–Crippen LogP) is 3.12. The highest BCUT2D eigenvalue weighted by molar-refractivity contribution is 7.92. The van der Waals surface area contributed by atoms with Crippen molar-refractivity contribution in [3.63, 3.8) is 0 Å². The van der Waals surface area contributed by atoms with E-state index in [1.165, 1.54) is 31.2 Å². The van der Waals surface area contributed by atoms with Crippen molar-refractivity contribution in [2.75, 3.05) is 4.72 Å². The molecule has 0 bridgehead atoms. The minimum Gasteiger partial charge on any atom is -0.449 e. The molecule has 0 radical (unpaired) electrons. The van der Waals surface area contributed by atoms with Crippen LogP contribution in [0.4, 0.5) is 5.69 Å². The van der Waals surface area contributed by atoms with E-state index in [1.807, 2.05) is 26.8 Å². The summed E-state index contributed by atoms with van der Waals surface area (Å²) in [5, 5.41) is 0. The highest BCUT2D eigenvalue weighted by Gasteiger charge is 2.22. The van der Waals surface area contributed by atoms with Crippen LogP contribution in [-0.4, -0.2) is 26.4 Å². The molecular weight excluding hydrogens is 392 g/mol. The summed E-state index contributed by atoms with van der Waals surface area (Å²) in [6.07, 6.45) is -1.09. The van der Waals surface area contributed by atoms with Gasteiger partial charge in [-0.3, -0.25) is 9.52 Å². The van der Waals surface area contributed by atoms with Gasteiger partial charge in [0.05, 0.1) is 10.5 Å². The number of primary amides is 1. The standard InChI is InChI=1S/C21H26N2O5S/c1-13-9-10-16(21(3,4)5)12-18(13)29(26,27)23-17-8-6-7-15(11-17)20(25)28-14(2)19(22)24/h6-12,14,23H,1-5H3,(H2,22,24)/t14-/m0/s1. The van der Waals surface area contributed by atoms with Gasteiger partial charge < -0.3 is 10.5 Å². The van der Waals surface area contributed by atoms with Crippen LogP contribution in [0.25, 0.3) is 0 Å². The molecule has 29 heavy (non-hydrogen) atoms. The van der Waals surface area contributed by atoms with Crippen molar-refractivity contribution < 1.29 is 22.7 Å². The zero-order valence-electron chi connectivity index (χ0n) is 17.1. The van der Waals surface area contributed by atoms with Gasteiger partial charge in [0.25, 0.3) is 15.9 Å². The number of sulfonamides is 1. The zero-order chi connectivity index (χ0) is 22.0. The molecule has 0 spiro atoms. The van der Waals surface area contributed by atoms with Gasteiger partial charge in [0, 0.05) is 5.69 Å². The van der Waals surface area contributed by atoms with E-state index in [9.17, 15) is 18.0 Å². The maximum Gasteiger partial charge on any atom is 0.338 e. The molecule has 2 rings (SSSR count). The first kappa shape index (κ1) is 22.4. The molecule has 2 aromatic carbocycles. The molecule has 7 nitrogen and oxygen atoms in total. The Morgan fingerprint density at radius 3 is 2.34 bits per heavy atom. The van der Waals surface area contributed by atoms with Crippen molar-refractivity contribution in [3.05, 3.63) is 59.2 Å². The number of amides is 1. The molecule has 1 amide bonds. The zero-order valence-corrected chi connectivity index (χ0v) is 18.0. The first-order chi connectivity index (χ1) is 13.3. The van der Waals surface area contributed by atoms with Crippen LogP contribution in [0.5, 0.6) is 0 Å². The van der Waals surface area contributed by atoms with Gasteiger partial charge in [-0.05, 0) is 54.7 Å². The van der Waals surface area contributed by atoms with E-state index in [2.05, 4.69) is 4.72 Å². The van der Waals surface area contributed by atoms with E-state index >= 15 is 0 Å². The van der Waals surface area contributed by atoms with Crippen molar-refractivity contribution in [2.45, 2.75) is 51.0 Å². The van der Waals surface area contributed by atoms with Crippen LogP contribution >= 0.6 is 0 Å². The van der Waals surface area contributed by atoms with E-state index in [0.717, 1.165) is 5.56 Å². The number of carbonyl (C=O) groups excluding carboxylic acids is 2. The second kappa shape index (κ2) is 8.24. The molecule has 3 N–H and O–H groups in total. The molecule has 0 aromatic heterocycles. The average Bonchev–Trinajstić information content (AvgIpc) is 2.60. The van der Waals surface area contributed by atoms with Crippen molar-refractivity contribution in [1.82, 2.24) is 0 Å². The molecule has 0 heterocycles. The molecule has 0 fully saturated rings. The number of benzene rings is 2. The van der Waals surface area contributed by atoms with E-state index in [-0.39, 0.29) is 21.6 Å². The molecule has 0 aliphatic heterocycles. The summed E-state index contributed by atoms with van der Waals surface area (Å²) < 4.78 is 33.4. The molecule has 0 aliphatic rings. The van der Waals surface area contributed by atoms with E-state index in [1.54, 1.807) is 19.1 Å². The van der Waals surface area contributed by atoms with Gasteiger partial charge in [-0.15, -0.1) is 0 Å². The average molecular weight is 419 g/mol. The number of hydrogen-bond donors (Lipinski definition) is 2. The van der Waals surface area contributed by atoms with Crippen LogP contribution in [0.2, 0.25) is 0 Å². The van der Waals surface area contributed by atoms with Crippen molar-refractivity contribution in [1.29, 1.82) is 0 Å². The van der Waals surface area contributed by atoms with Gasteiger partial charge in [0.15, 0.2) is 6.10 Å². The Bertz CT molecular complexity index is 1040. The number of anilines is 1. The summed E-state index contributed by atoms with van der Waals surface area (Å²) in [5.74, 6) is -1.55. The number of aryl methyl sites for hydroxylation is 1. The minimum absolute atomic E-state index is 0.0958. The number of nitrogens with two attached hydrogens (primary N) is 1. The summed E-state index contributed by atoms with van der Waals surface area (Å²) in [6.45, 7) is 9.09. The van der Waals surface area contributed by atoms with Gasteiger partial charge in [-0.25, -0.2) is 13.2 Å². The number of carbonyl (C=O) groups is 2. The monoisotopic (exact) mass is 418 g/mol. The number of esters is 1. The predicted molar refractivity (Wildman–Crippen MR) is 111 cm³/mol. The van der Waals surface area contributed by atoms with Crippen molar-refractivity contribution >= 4 is 27.6 Å². The number of nitrogens with one attached hydrogen (secondary N) is 1. The topological polar surface area (TPSA) is 116 Å². The van der Waals surface area contributed by atoms with E-state index in [4.69, 9.17) is 10.5 Å². The van der Waals surface area contributed by atoms with Gasteiger partial charge in [-0.1, -0.05) is 39.0 Å². The minimum atomic E-state index is -3.88. The highest BCUT2D eigenvalue weighted by Crippen LogP contribution is 2.28. The van der Waals surface area contributed by atoms with E-state index < -0.39 is 28.0 Å². The summed E-state index contributed by atoms with van der Waals surface area (Å²) in [4.78, 5) is 23.4. The first-order valence-electron chi connectivity index (χ1n) is 9.05. The Balaban J connectivity index is 2.32. The fourth-order valence-electron chi connectivity index (χ4n) is 2.56. The van der Waals surface area contributed by atoms with Gasteiger partial charge in [0.2, 0.25) is 0 Å². The normalized spacial score (nSPS) is 12.9. The summed E-state index contributed by atoms with van der Waals surface area (Å²) in [6, 6.07) is 11.2. The third kappa shape index (κ3) is 5.57. The molecule has 1 atom stereocenters. The lowest BCUT2D eigenvalue weighted by Crippen LogP contribution is -2.30. The lowest BCUT2D eigenvalue weighted by Gasteiger charge is -2.21. The fourth-order valence-corrected chi connectivity index (χ4v) is 3.88. The number of rotatable bonds is 6. The smallest absolute Gasteiger partial charge is 0.338 e. The summed E-state index contributed by atoms with van der Waals surface area (Å²) >= 11 is 0. The van der Waals surface area contributed by atoms with Crippen LogP contribution in [0, 0.1) is 6.92 Å². The van der Waals surface area contributed by atoms with Crippen LogP contribution in [0.1, 0.15) is 49.2 Å². The Morgan fingerprint density at radius 1 is 1.10 bits per heavy atom. The van der Waals surface area contributed by atoms with Gasteiger partial charge in [0.1, 0.15) is 0 Å². The maximum atomic E-state index is 13.0. The Kier molecular flexibility index (Phi) is 6.37. The molecule has 0 unspecified atom stereocenters. The molecule has 0 saturated heterocycles. The Hall–Kier alpha value is -2.87. The molecular formula is C21H26N2O5S.